The highest BCUT2D eigenvalue weighted by molar-refractivity contribution is 6.38. The first-order valence-corrected chi connectivity index (χ1v) is 13.1. The van der Waals surface area contributed by atoms with E-state index in [1.54, 1.807) is 12.4 Å². The lowest BCUT2D eigenvalue weighted by Crippen LogP contribution is -2.47. The van der Waals surface area contributed by atoms with Gasteiger partial charge in [0.15, 0.2) is 5.69 Å². The SMILES string of the molecule is O=C(O)c1cnc(C#CC23CCC(OCc4c(-c5c(Cl)cncc5Cl)noc4C4CC4)(CC2)CC3)cn1. The number of nitrogens with zero attached hydrogens (tertiary/aromatic N) is 4. The number of carboxylic acid groups (broad SMARTS) is 1. The zero-order valence-corrected chi connectivity index (χ0v) is 21.5. The lowest BCUT2D eigenvalue weighted by Gasteiger charge is -2.51. The quantitative estimate of drug-likeness (QED) is 0.376. The van der Waals surface area contributed by atoms with Gasteiger partial charge in [-0.3, -0.25) is 4.98 Å². The summed E-state index contributed by atoms with van der Waals surface area (Å²) in [6.07, 6.45) is 13.5. The number of hydrogen-bond acceptors (Lipinski definition) is 7. The first-order chi connectivity index (χ1) is 17.9. The summed E-state index contributed by atoms with van der Waals surface area (Å²) in [7, 11) is 0. The third-order valence-corrected chi connectivity index (χ3v) is 8.46. The van der Waals surface area contributed by atoms with Gasteiger partial charge in [-0.1, -0.05) is 34.3 Å². The van der Waals surface area contributed by atoms with Crippen molar-refractivity contribution in [3.8, 4) is 23.1 Å². The third kappa shape index (κ3) is 4.72. The molecule has 3 aromatic rings. The van der Waals surface area contributed by atoms with Gasteiger partial charge in [-0.05, 0) is 57.3 Å². The maximum absolute atomic E-state index is 11.0. The number of fused-ring (bicyclic) bond motifs is 3. The molecule has 8 nitrogen and oxygen atoms in total. The molecule has 0 spiro atoms. The molecular formula is C27H24Cl2N4O4. The smallest absolute Gasteiger partial charge is 0.356 e. The first kappa shape index (κ1) is 24.4. The molecule has 4 aliphatic carbocycles. The van der Waals surface area contributed by atoms with Crippen molar-refractivity contribution in [2.45, 2.75) is 69.5 Å². The van der Waals surface area contributed by atoms with E-state index < -0.39 is 5.97 Å². The number of rotatable bonds is 6. The van der Waals surface area contributed by atoms with Crippen LogP contribution in [-0.2, 0) is 11.3 Å². The molecule has 0 aliphatic heterocycles. The van der Waals surface area contributed by atoms with E-state index in [2.05, 4.69) is 31.9 Å². The summed E-state index contributed by atoms with van der Waals surface area (Å²) in [5.74, 6) is 6.69. The second-order valence-electron chi connectivity index (χ2n) is 10.2. The maximum Gasteiger partial charge on any atom is 0.356 e. The molecule has 3 aromatic heterocycles. The van der Waals surface area contributed by atoms with Gasteiger partial charge in [0.2, 0.25) is 0 Å². The van der Waals surface area contributed by atoms with Gasteiger partial charge in [-0.2, -0.15) is 0 Å². The van der Waals surface area contributed by atoms with Crippen molar-refractivity contribution in [3.63, 3.8) is 0 Å². The molecule has 3 heterocycles. The molecule has 4 fully saturated rings. The Bertz CT molecular complexity index is 1380. The van der Waals surface area contributed by atoms with Crippen LogP contribution in [-0.4, -0.2) is 36.8 Å². The van der Waals surface area contributed by atoms with Gasteiger partial charge < -0.3 is 14.4 Å². The fourth-order valence-corrected chi connectivity index (χ4v) is 5.99. The standard InChI is InChI=1S/C27H24Cl2N4O4/c28-19-12-30-13-20(29)22(19)23-18(24(37-33-23)16-1-2-16)15-36-27-8-5-26(6-9-27,7-10-27)4-3-17-11-32-21(14-31-17)25(34)35/h11-14,16H,1-2,5-10,15H2,(H,34,35). The van der Waals surface area contributed by atoms with Crippen LogP contribution in [0.2, 0.25) is 10.0 Å². The fourth-order valence-electron chi connectivity index (χ4n) is 5.44. The van der Waals surface area contributed by atoms with Crippen LogP contribution >= 0.6 is 23.2 Å². The Morgan fingerprint density at radius 3 is 2.35 bits per heavy atom. The Morgan fingerprint density at radius 2 is 1.76 bits per heavy atom. The highest BCUT2D eigenvalue weighted by Crippen LogP contribution is 2.54. The molecule has 1 N–H and O–H groups in total. The normalized spacial score (nSPS) is 24.5. The zero-order chi connectivity index (χ0) is 25.6. The summed E-state index contributed by atoms with van der Waals surface area (Å²) in [5.41, 5.74) is 2.32. The van der Waals surface area contributed by atoms with E-state index in [0.29, 0.717) is 39.5 Å². The van der Waals surface area contributed by atoms with Gasteiger partial charge in [0, 0.05) is 34.9 Å². The minimum Gasteiger partial charge on any atom is -0.476 e. The van der Waals surface area contributed by atoms with Crippen LogP contribution in [0.15, 0.2) is 29.3 Å². The average molecular weight is 539 g/mol. The number of pyridine rings is 1. The van der Waals surface area contributed by atoms with Crippen LogP contribution in [0.1, 0.15) is 84.8 Å². The Labute approximate surface area is 223 Å². The Balaban J connectivity index is 1.17. The van der Waals surface area contributed by atoms with E-state index in [4.69, 9.17) is 37.6 Å². The largest absolute Gasteiger partial charge is 0.476 e. The summed E-state index contributed by atoms with van der Waals surface area (Å²) < 4.78 is 12.5. The van der Waals surface area contributed by atoms with Gasteiger partial charge in [0.25, 0.3) is 0 Å². The van der Waals surface area contributed by atoms with E-state index in [9.17, 15) is 4.79 Å². The summed E-state index contributed by atoms with van der Waals surface area (Å²) in [5, 5.41) is 14.2. The summed E-state index contributed by atoms with van der Waals surface area (Å²) in [4.78, 5) is 23.1. The molecule has 2 bridgehead atoms. The van der Waals surface area contributed by atoms with E-state index >= 15 is 0 Å². The van der Waals surface area contributed by atoms with E-state index in [1.165, 1.54) is 12.4 Å². The molecule has 7 rings (SSSR count). The molecule has 0 saturated heterocycles. The number of hydrogen-bond donors (Lipinski definition) is 1. The first-order valence-electron chi connectivity index (χ1n) is 12.4. The monoisotopic (exact) mass is 538 g/mol. The van der Waals surface area contributed by atoms with E-state index in [1.807, 2.05) is 0 Å². The van der Waals surface area contributed by atoms with Gasteiger partial charge in [-0.25, -0.2) is 14.8 Å². The third-order valence-electron chi connectivity index (χ3n) is 7.88. The van der Waals surface area contributed by atoms with Gasteiger partial charge in [0.05, 0.1) is 34.6 Å². The molecule has 4 saturated carbocycles. The minimum absolute atomic E-state index is 0.0715. The van der Waals surface area contributed by atoms with Crippen LogP contribution in [0.5, 0.6) is 0 Å². The number of aromatic nitrogens is 4. The molecule has 10 heteroatoms. The maximum atomic E-state index is 11.0. The predicted molar refractivity (Wildman–Crippen MR) is 135 cm³/mol. The molecule has 37 heavy (non-hydrogen) atoms. The summed E-state index contributed by atoms with van der Waals surface area (Å²) in [6.45, 7) is 0.393. The van der Waals surface area contributed by atoms with Crippen LogP contribution in [0.4, 0.5) is 0 Å². The van der Waals surface area contributed by atoms with Crippen molar-refractivity contribution in [3.05, 3.63) is 57.5 Å². The van der Waals surface area contributed by atoms with Crippen molar-refractivity contribution >= 4 is 29.2 Å². The molecule has 0 atom stereocenters. The number of aromatic carboxylic acids is 1. The lowest BCUT2D eigenvalue weighted by molar-refractivity contribution is -0.131. The molecule has 0 radical (unpaired) electrons. The second kappa shape index (κ2) is 9.39. The minimum atomic E-state index is -1.10. The van der Waals surface area contributed by atoms with Gasteiger partial charge in [-0.15, -0.1) is 0 Å². The number of ether oxygens (including phenoxy) is 1. The molecule has 4 aliphatic rings. The zero-order valence-electron chi connectivity index (χ0n) is 20.0. The highest BCUT2D eigenvalue weighted by atomic mass is 35.5. The number of carboxylic acids is 1. The average Bonchev–Trinajstić information content (AvgIpc) is 3.68. The van der Waals surface area contributed by atoms with Gasteiger partial charge >= 0.3 is 5.97 Å². The van der Waals surface area contributed by atoms with Crippen LogP contribution in [0.3, 0.4) is 0 Å². The van der Waals surface area contributed by atoms with Crippen molar-refractivity contribution in [2.75, 3.05) is 0 Å². The Hall–Kier alpha value is -2.99. The van der Waals surface area contributed by atoms with Crippen LogP contribution in [0, 0.1) is 17.3 Å². The molecule has 0 aromatic carbocycles. The highest BCUT2D eigenvalue weighted by Gasteiger charge is 2.49. The molecule has 0 amide bonds. The predicted octanol–water partition coefficient (Wildman–Crippen LogP) is 6.07. The van der Waals surface area contributed by atoms with Crippen molar-refractivity contribution in [2.24, 2.45) is 5.41 Å². The van der Waals surface area contributed by atoms with Crippen molar-refractivity contribution < 1.29 is 19.2 Å². The van der Waals surface area contributed by atoms with Crippen molar-refractivity contribution in [1.82, 2.24) is 20.1 Å². The van der Waals surface area contributed by atoms with E-state index in [-0.39, 0.29) is 16.7 Å². The molecular weight excluding hydrogens is 515 g/mol. The van der Waals surface area contributed by atoms with Crippen molar-refractivity contribution in [1.29, 1.82) is 0 Å². The second-order valence-corrected chi connectivity index (χ2v) is 11.0. The van der Waals surface area contributed by atoms with Crippen LogP contribution < -0.4 is 0 Å². The van der Waals surface area contributed by atoms with Gasteiger partial charge in [0.1, 0.15) is 17.1 Å². The molecule has 190 valence electrons. The number of carbonyl (C=O) groups is 1. The summed E-state index contributed by atoms with van der Waals surface area (Å²) in [6, 6.07) is 0. The summed E-state index contributed by atoms with van der Waals surface area (Å²) >= 11 is 12.9. The lowest BCUT2D eigenvalue weighted by atomic mass is 9.59. The fraction of sp³-hybridized carbons (Fsp3) is 0.444. The molecule has 0 unspecified atom stereocenters. The van der Waals surface area contributed by atoms with E-state index in [0.717, 1.165) is 62.7 Å². The van der Waals surface area contributed by atoms with Crippen LogP contribution in [0.25, 0.3) is 11.3 Å². The number of halogens is 2. The Kier molecular flexibility index (Phi) is 6.18. The topological polar surface area (TPSA) is 111 Å². The Morgan fingerprint density at radius 1 is 1.05 bits per heavy atom.